The zero-order chi connectivity index (χ0) is 22.5. The number of amides is 1. The Morgan fingerprint density at radius 1 is 1.03 bits per heavy atom. The average Bonchev–Trinajstić information content (AvgIpc) is 3.50. The lowest BCUT2D eigenvalue weighted by Crippen LogP contribution is -2.34. The lowest BCUT2D eigenvalue weighted by atomic mass is 10.2. The van der Waals surface area contributed by atoms with Gasteiger partial charge in [-0.3, -0.25) is 9.36 Å². The summed E-state index contributed by atoms with van der Waals surface area (Å²) in [5.74, 6) is 2.45. The highest BCUT2D eigenvalue weighted by molar-refractivity contribution is 8.00. The molecule has 32 heavy (non-hydrogen) atoms. The Labute approximate surface area is 192 Å². The molecule has 1 unspecified atom stereocenters. The van der Waals surface area contributed by atoms with E-state index in [4.69, 9.17) is 9.47 Å². The fourth-order valence-electron chi connectivity index (χ4n) is 3.77. The molecule has 2 aromatic carbocycles. The Morgan fingerprint density at radius 2 is 1.69 bits per heavy atom. The van der Waals surface area contributed by atoms with Crippen molar-refractivity contribution in [3.8, 4) is 28.6 Å². The summed E-state index contributed by atoms with van der Waals surface area (Å²) in [6.07, 6.45) is 2.15. The van der Waals surface area contributed by atoms with Gasteiger partial charge in [0.05, 0.1) is 19.0 Å². The highest BCUT2D eigenvalue weighted by atomic mass is 32.2. The van der Waals surface area contributed by atoms with E-state index in [0.29, 0.717) is 17.6 Å². The zero-order valence-electron chi connectivity index (χ0n) is 18.7. The van der Waals surface area contributed by atoms with Gasteiger partial charge in [0.25, 0.3) is 0 Å². The van der Waals surface area contributed by atoms with E-state index in [2.05, 4.69) is 10.2 Å². The molecule has 168 valence electrons. The lowest BCUT2D eigenvalue weighted by molar-refractivity contribution is -0.129. The van der Waals surface area contributed by atoms with Crippen molar-refractivity contribution in [1.29, 1.82) is 0 Å². The number of aromatic nitrogens is 3. The molecule has 0 spiro atoms. The van der Waals surface area contributed by atoms with Crippen LogP contribution in [0, 0.1) is 0 Å². The summed E-state index contributed by atoms with van der Waals surface area (Å²) in [6, 6.07) is 15.6. The number of carbonyl (C=O) groups excluding carboxylic acids is 1. The van der Waals surface area contributed by atoms with Crippen molar-refractivity contribution < 1.29 is 14.3 Å². The van der Waals surface area contributed by atoms with Crippen molar-refractivity contribution in [2.45, 2.75) is 37.1 Å². The fourth-order valence-corrected chi connectivity index (χ4v) is 4.72. The molecule has 1 amide bonds. The second-order valence-electron chi connectivity index (χ2n) is 7.59. The van der Waals surface area contributed by atoms with E-state index in [0.717, 1.165) is 48.7 Å². The highest BCUT2D eigenvalue weighted by Gasteiger charge is 2.27. The van der Waals surface area contributed by atoms with Crippen LogP contribution in [0.25, 0.3) is 17.1 Å². The van der Waals surface area contributed by atoms with Crippen molar-refractivity contribution in [1.82, 2.24) is 19.7 Å². The molecule has 7 nitrogen and oxygen atoms in total. The van der Waals surface area contributed by atoms with Gasteiger partial charge in [-0.2, -0.15) is 0 Å². The van der Waals surface area contributed by atoms with Gasteiger partial charge in [-0.1, -0.05) is 11.8 Å². The molecule has 1 aromatic heterocycles. The molecule has 3 aromatic rings. The first-order valence-electron chi connectivity index (χ1n) is 10.9. The summed E-state index contributed by atoms with van der Waals surface area (Å²) in [5, 5.41) is 9.38. The number of nitrogens with zero attached hydrogens (tertiary/aromatic N) is 4. The molecule has 2 heterocycles. The summed E-state index contributed by atoms with van der Waals surface area (Å²) in [5.41, 5.74) is 1.82. The van der Waals surface area contributed by atoms with Gasteiger partial charge >= 0.3 is 0 Å². The van der Waals surface area contributed by atoms with E-state index < -0.39 is 0 Å². The van der Waals surface area contributed by atoms with Gasteiger partial charge in [0.1, 0.15) is 11.5 Å². The Balaban J connectivity index is 1.69. The molecule has 1 atom stereocenters. The largest absolute Gasteiger partial charge is 0.497 e. The first-order chi connectivity index (χ1) is 15.6. The van der Waals surface area contributed by atoms with Crippen molar-refractivity contribution in [3.05, 3.63) is 48.5 Å². The number of rotatable bonds is 8. The van der Waals surface area contributed by atoms with Crippen LogP contribution in [-0.4, -0.2) is 57.6 Å². The minimum absolute atomic E-state index is 0.153. The lowest BCUT2D eigenvalue weighted by Gasteiger charge is -2.20. The molecule has 0 N–H and O–H groups in total. The molecule has 0 radical (unpaired) electrons. The van der Waals surface area contributed by atoms with Crippen molar-refractivity contribution in [2.24, 2.45) is 0 Å². The molecular weight excluding hydrogens is 424 g/mol. The van der Waals surface area contributed by atoms with Crippen molar-refractivity contribution in [2.75, 3.05) is 26.8 Å². The number of methoxy groups -OCH3 is 1. The van der Waals surface area contributed by atoms with Gasteiger partial charge in [-0.15, -0.1) is 10.2 Å². The van der Waals surface area contributed by atoms with Crippen LogP contribution in [0.3, 0.4) is 0 Å². The first-order valence-corrected chi connectivity index (χ1v) is 11.8. The van der Waals surface area contributed by atoms with Crippen LogP contribution in [0.2, 0.25) is 0 Å². The SMILES string of the molecule is CCOc1ccc(-n2c(SC(C)C(=O)N3CCCC3)nnc2-c2ccc(OC)cc2)cc1. The Kier molecular flexibility index (Phi) is 6.99. The van der Waals surface area contributed by atoms with Crippen LogP contribution < -0.4 is 9.47 Å². The molecule has 1 aliphatic rings. The Bertz CT molecular complexity index is 1040. The second-order valence-corrected chi connectivity index (χ2v) is 8.90. The first kappa shape index (κ1) is 22.2. The van der Waals surface area contributed by atoms with E-state index in [1.807, 2.05) is 71.8 Å². The molecule has 0 bridgehead atoms. The van der Waals surface area contributed by atoms with Crippen LogP contribution in [0.15, 0.2) is 53.7 Å². The van der Waals surface area contributed by atoms with Crippen LogP contribution >= 0.6 is 11.8 Å². The van der Waals surface area contributed by atoms with E-state index in [1.165, 1.54) is 11.8 Å². The second kappa shape index (κ2) is 10.1. The van der Waals surface area contributed by atoms with Gasteiger partial charge in [0.15, 0.2) is 11.0 Å². The smallest absolute Gasteiger partial charge is 0.235 e. The predicted molar refractivity (Wildman–Crippen MR) is 126 cm³/mol. The summed E-state index contributed by atoms with van der Waals surface area (Å²) < 4.78 is 12.9. The summed E-state index contributed by atoms with van der Waals surface area (Å²) in [6.45, 7) is 6.19. The van der Waals surface area contributed by atoms with E-state index >= 15 is 0 Å². The van der Waals surface area contributed by atoms with Gasteiger partial charge in [-0.25, -0.2) is 0 Å². The average molecular weight is 453 g/mol. The number of hydrogen-bond acceptors (Lipinski definition) is 6. The van der Waals surface area contributed by atoms with Crippen LogP contribution in [-0.2, 0) is 4.79 Å². The molecule has 8 heteroatoms. The van der Waals surface area contributed by atoms with Gasteiger partial charge in [0, 0.05) is 24.3 Å². The van der Waals surface area contributed by atoms with Gasteiger partial charge < -0.3 is 14.4 Å². The van der Waals surface area contributed by atoms with Crippen LogP contribution in [0.4, 0.5) is 0 Å². The standard InChI is InChI=1S/C24H28N4O3S/c1-4-31-21-13-9-19(10-14-21)28-22(18-7-11-20(30-3)12-8-18)25-26-24(28)32-17(2)23(29)27-15-5-6-16-27/h7-14,17H,4-6,15-16H2,1-3H3. The maximum atomic E-state index is 12.9. The third kappa shape index (κ3) is 4.75. The topological polar surface area (TPSA) is 69.5 Å². The molecular formula is C24H28N4O3S. The molecule has 1 aliphatic heterocycles. The maximum Gasteiger partial charge on any atom is 0.235 e. The van der Waals surface area contributed by atoms with E-state index in [9.17, 15) is 4.79 Å². The van der Waals surface area contributed by atoms with Crippen molar-refractivity contribution >= 4 is 17.7 Å². The summed E-state index contributed by atoms with van der Waals surface area (Å²) in [7, 11) is 1.64. The Morgan fingerprint density at radius 3 is 2.31 bits per heavy atom. The highest BCUT2D eigenvalue weighted by Crippen LogP contribution is 2.32. The molecule has 0 aliphatic carbocycles. The molecule has 4 rings (SSSR count). The normalized spacial score (nSPS) is 14.4. The number of likely N-dealkylation sites (tertiary alicyclic amines) is 1. The number of benzene rings is 2. The van der Waals surface area contributed by atoms with Gasteiger partial charge in [0.2, 0.25) is 5.91 Å². The summed E-state index contributed by atoms with van der Waals surface area (Å²) in [4.78, 5) is 14.8. The predicted octanol–water partition coefficient (Wildman–Crippen LogP) is 4.44. The number of carbonyl (C=O) groups is 1. The monoisotopic (exact) mass is 452 g/mol. The number of hydrogen-bond donors (Lipinski definition) is 0. The summed E-state index contributed by atoms with van der Waals surface area (Å²) >= 11 is 1.44. The zero-order valence-corrected chi connectivity index (χ0v) is 19.5. The number of thioether (sulfide) groups is 1. The van der Waals surface area contributed by atoms with Gasteiger partial charge in [-0.05, 0) is 75.2 Å². The van der Waals surface area contributed by atoms with E-state index in [-0.39, 0.29) is 11.2 Å². The third-order valence-electron chi connectivity index (χ3n) is 5.44. The van der Waals surface area contributed by atoms with Crippen molar-refractivity contribution in [3.63, 3.8) is 0 Å². The minimum atomic E-state index is -0.248. The Hall–Kier alpha value is -3.00. The molecule has 1 fully saturated rings. The van der Waals surface area contributed by atoms with Crippen LogP contribution in [0.5, 0.6) is 11.5 Å². The molecule has 1 saturated heterocycles. The molecule has 0 saturated carbocycles. The van der Waals surface area contributed by atoms with E-state index in [1.54, 1.807) is 7.11 Å². The quantitative estimate of drug-likeness (QED) is 0.471. The number of ether oxygens (including phenoxy) is 2. The maximum absolute atomic E-state index is 12.9. The van der Waals surface area contributed by atoms with Crippen LogP contribution in [0.1, 0.15) is 26.7 Å². The third-order valence-corrected chi connectivity index (χ3v) is 6.47. The minimum Gasteiger partial charge on any atom is -0.497 e. The fraction of sp³-hybridized carbons (Fsp3) is 0.375.